The van der Waals surface area contributed by atoms with Crippen LogP contribution in [0.4, 0.5) is 22.0 Å². The zero-order valence-electron chi connectivity index (χ0n) is 22.6. The molecule has 4 aliphatic rings. The molecule has 4 rings (SSSR count). The van der Waals surface area contributed by atoms with E-state index in [1.54, 1.807) is 11.0 Å². The lowest BCUT2D eigenvalue weighted by Crippen LogP contribution is -2.49. The highest BCUT2D eigenvalue weighted by atomic mass is 19.4. The van der Waals surface area contributed by atoms with E-state index in [2.05, 4.69) is 10.6 Å². The lowest BCUT2D eigenvalue weighted by Gasteiger charge is -2.34. The molecule has 0 aromatic heterocycles. The van der Waals surface area contributed by atoms with E-state index in [0.717, 1.165) is 6.42 Å². The normalized spacial score (nSPS) is 30.1. The highest BCUT2D eigenvalue weighted by Gasteiger charge is 2.41. The topological polar surface area (TPSA) is 77.4 Å². The number of fused-ring (bicyclic) bond motifs is 1. The number of carbonyl (C=O) groups excluding carboxylic acids is 1. The molecule has 0 aromatic carbocycles. The van der Waals surface area contributed by atoms with Gasteiger partial charge in [0, 0.05) is 61.6 Å². The minimum atomic E-state index is -4.72. The van der Waals surface area contributed by atoms with Gasteiger partial charge in [0.2, 0.25) is 0 Å². The molecule has 0 radical (unpaired) electrons. The maximum Gasteiger partial charge on any atom is 0.413 e. The fourth-order valence-electron chi connectivity index (χ4n) is 6.27. The smallest absolute Gasteiger partial charge is 0.378 e. The van der Waals surface area contributed by atoms with Crippen LogP contribution in [0.2, 0.25) is 0 Å². The van der Waals surface area contributed by atoms with Crippen LogP contribution in [0, 0.1) is 17.2 Å². The molecule has 0 spiro atoms. The Balaban J connectivity index is 1.39. The number of nitrogens with zero attached hydrogens (tertiary/aromatic N) is 1. The summed E-state index contributed by atoms with van der Waals surface area (Å²) in [6.45, 7) is 4.74. The molecule has 4 unspecified atom stereocenters. The van der Waals surface area contributed by atoms with Crippen molar-refractivity contribution in [3.05, 3.63) is 34.7 Å². The summed E-state index contributed by atoms with van der Waals surface area (Å²) in [5.41, 5.74) is -0.516. The number of ether oxygens (including phenoxy) is 1. The molecule has 2 heterocycles. The van der Waals surface area contributed by atoms with Crippen molar-refractivity contribution in [3.63, 3.8) is 0 Å². The average molecular weight is 559 g/mol. The number of nitrogens with one attached hydrogen (secondary N) is 3. The van der Waals surface area contributed by atoms with Crippen molar-refractivity contribution in [1.82, 2.24) is 15.5 Å². The quantitative estimate of drug-likeness (QED) is 0.296. The molecule has 1 amide bonds. The van der Waals surface area contributed by atoms with Gasteiger partial charge in [0.25, 0.3) is 5.91 Å². The van der Waals surface area contributed by atoms with E-state index in [4.69, 9.17) is 10.1 Å². The van der Waals surface area contributed by atoms with Gasteiger partial charge in [-0.3, -0.25) is 10.2 Å². The van der Waals surface area contributed by atoms with E-state index in [1.165, 1.54) is 19.9 Å². The largest absolute Gasteiger partial charge is 0.413 e. The zero-order chi connectivity index (χ0) is 28.3. The van der Waals surface area contributed by atoms with Crippen molar-refractivity contribution in [2.75, 3.05) is 32.8 Å². The average Bonchev–Trinajstić information content (AvgIpc) is 3.33. The Bertz CT molecular complexity index is 1020. The molecule has 3 N–H and O–H groups in total. The van der Waals surface area contributed by atoms with Gasteiger partial charge in [0.05, 0.1) is 18.9 Å². The van der Waals surface area contributed by atoms with Gasteiger partial charge in [-0.1, -0.05) is 12.5 Å². The van der Waals surface area contributed by atoms with E-state index in [9.17, 15) is 22.4 Å². The van der Waals surface area contributed by atoms with Gasteiger partial charge in [-0.15, -0.1) is 0 Å². The Kier molecular flexibility index (Phi) is 9.65. The summed E-state index contributed by atoms with van der Waals surface area (Å²) in [7, 11) is 0. The van der Waals surface area contributed by atoms with Gasteiger partial charge in [-0.2, -0.15) is 13.2 Å². The van der Waals surface area contributed by atoms with Gasteiger partial charge in [-0.05, 0) is 56.8 Å². The predicted octanol–water partition coefficient (Wildman–Crippen LogP) is 4.78. The number of alkyl halides is 4. The lowest BCUT2D eigenvalue weighted by molar-refractivity contribution is -0.128. The molecule has 0 bridgehead atoms. The van der Waals surface area contributed by atoms with E-state index in [-0.39, 0.29) is 41.7 Å². The van der Waals surface area contributed by atoms with Crippen LogP contribution in [0.3, 0.4) is 0 Å². The summed E-state index contributed by atoms with van der Waals surface area (Å²) in [5.74, 6) is -1.48. The molecule has 0 aromatic rings. The molecule has 2 aliphatic heterocycles. The van der Waals surface area contributed by atoms with Crippen LogP contribution in [-0.2, 0) is 9.53 Å². The molecular formula is C28H39F5N4O2. The van der Waals surface area contributed by atoms with Gasteiger partial charge in [0.1, 0.15) is 12.0 Å². The van der Waals surface area contributed by atoms with Crippen molar-refractivity contribution in [2.45, 2.75) is 82.8 Å². The Labute approximate surface area is 226 Å². The van der Waals surface area contributed by atoms with E-state index >= 15 is 4.39 Å². The van der Waals surface area contributed by atoms with E-state index < -0.39 is 42.1 Å². The fraction of sp³-hybridized carbons (Fsp3) is 0.714. The lowest BCUT2D eigenvalue weighted by atomic mass is 9.81. The number of rotatable bonds is 8. The van der Waals surface area contributed by atoms with Crippen LogP contribution in [0.1, 0.15) is 52.4 Å². The van der Waals surface area contributed by atoms with Crippen molar-refractivity contribution in [1.29, 1.82) is 5.41 Å². The van der Waals surface area contributed by atoms with Crippen LogP contribution in [0.5, 0.6) is 0 Å². The third kappa shape index (κ3) is 7.16. The number of carbonyl (C=O) groups is 1. The first-order valence-corrected chi connectivity index (χ1v) is 13.9. The summed E-state index contributed by atoms with van der Waals surface area (Å²) in [6.07, 6.45) is -1.17. The molecule has 218 valence electrons. The van der Waals surface area contributed by atoms with Crippen molar-refractivity contribution >= 4 is 11.6 Å². The minimum absolute atomic E-state index is 0.0367. The predicted molar refractivity (Wildman–Crippen MR) is 139 cm³/mol. The van der Waals surface area contributed by atoms with Crippen LogP contribution in [0.25, 0.3) is 0 Å². The molecule has 6 nitrogen and oxygen atoms in total. The second kappa shape index (κ2) is 12.6. The summed E-state index contributed by atoms with van der Waals surface area (Å²) in [6, 6.07) is -1.21. The summed E-state index contributed by atoms with van der Waals surface area (Å²) in [4.78, 5) is 14.4. The summed E-state index contributed by atoms with van der Waals surface area (Å²) >= 11 is 0. The van der Waals surface area contributed by atoms with Crippen molar-refractivity contribution in [2.24, 2.45) is 11.8 Å². The van der Waals surface area contributed by atoms with Crippen LogP contribution < -0.4 is 10.6 Å². The van der Waals surface area contributed by atoms with Crippen LogP contribution in [-0.4, -0.2) is 79.8 Å². The molecule has 11 heteroatoms. The van der Waals surface area contributed by atoms with Crippen molar-refractivity contribution < 1.29 is 31.5 Å². The van der Waals surface area contributed by atoms with Crippen molar-refractivity contribution in [3.8, 4) is 0 Å². The van der Waals surface area contributed by atoms with Gasteiger partial charge in [0.15, 0.2) is 0 Å². The maximum absolute atomic E-state index is 15.4. The first kappa shape index (κ1) is 29.9. The number of hydrogen-bond acceptors (Lipinski definition) is 5. The number of halogens is 5. The van der Waals surface area contributed by atoms with Crippen LogP contribution in [0.15, 0.2) is 34.7 Å². The maximum atomic E-state index is 15.4. The molecule has 2 fully saturated rings. The minimum Gasteiger partial charge on any atom is -0.378 e. The molecule has 1 saturated heterocycles. The fourth-order valence-corrected chi connectivity index (χ4v) is 6.27. The summed E-state index contributed by atoms with van der Waals surface area (Å²) < 4.78 is 76.9. The Morgan fingerprint density at radius 1 is 1.28 bits per heavy atom. The highest BCUT2D eigenvalue weighted by molar-refractivity contribution is 6.38. The second-order valence-corrected chi connectivity index (χ2v) is 11.2. The van der Waals surface area contributed by atoms with Gasteiger partial charge < -0.3 is 20.3 Å². The van der Waals surface area contributed by atoms with E-state index in [0.29, 0.717) is 57.6 Å². The first-order valence-electron chi connectivity index (χ1n) is 13.9. The summed E-state index contributed by atoms with van der Waals surface area (Å²) in [5, 5.41) is 14.6. The standard InChI is InChI=1S/C28H39F5N4O2/c1-16(21-6-7-25-22(21)13-19(29)15-35-25)23(28(31,32)33)14-24(30)17(2)36-20-5-3-4-18(12-20)26(34)27(38)37-8-10-39-11-9-37/h6,13,17-18,20,22,24-25,34-36H,3-5,7-12,14-15H2,1-2H3/b23-16-,34-26?/t17?,18-,20+,22?,24?,25?/m0/s1. The number of amides is 1. The Morgan fingerprint density at radius 2 is 2.00 bits per heavy atom. The highest BCUT2D eigenvalue weighted by Crippen LogP contribution is 2.41. The third-order valence-electron chi connectivity index (χ3n) is 8.56. The van der Waals surface area contributed by atoms with Gasteiger partial charge in [-0.25, -0.2) is 8.78 Å². The third-order valence-corrected chi connectivity index (χ3v) is 8.56. The second-order valence-electron chi connectivity index (χ2n) is 11.2. The molecule has 1 saturated carbocycles. The number of morpholine rings is 1. The number of hydrogen-bond donors (Lipinski definition) is 3. The SMILES string of the molecule is C/C(C1=CCC2NCC(F)=CC12)=C(\CC(F)C(C)N[C@@H]1CCC[C@H](C(=N)C(=O)N2CCOCC2)C1)C(F)(F)F. The molecule has 6 atom stereocenters. The number of allylic oxidation sites excluding steroid dienone is 2. The van der Waals surface area contributed by atoms with Crippen LogP contribution >= 0.6 is 0 Å². The molecular weight excluding hydrogens is 519 g/mol. The first-order chi connectivity index (χ1) is 18.5. The monoisotopic (exact) mass is 558 g/mol. The van der Waals surface area contributed by atoms with Gasteiger partial charge >= 0.3 is 6.18 Å². The molecule has 2 aliphatic carbocycles. The Hall–Kier alpha value is -2.11. The van der Waals surface area contributed by atoms with E-state index in [1.807, 2.05) is 0 Å². The molecule has 39 heavy (non-hydrogen) atoms. The zero-order valence-corrected chi connectivity index (χ0v) is 22.6. The Morgan fingerprint density at radius 3 is 2.69 bits per heavy atom.